The summed E-state index contributed by atoms with van der Waals surface area (Å²) in [5.41, 5.74) is 0.614. The minimum atomic E-state index is 0.0221. The predicted molar refractivity (Wildman–Crippen MR) is 104 cm³/mol. The molecule has 0 spiro atoms. The van der Waals surface area contributed by atoms with Crippen LogP contribution < -0.4 is 9.80 Å². The Morgan fingerprint density at radius 3 is 2.08 bits per heavy atom. The maximum absolute atomic E-state index is 12.6. The lowest BCUT2D eigenvalue weighted by molar-refractivity contribution is 0.0746. The molecule has 2 aliphatic heterocycles. The number of amides is 1. The van der Waals surface area contributed by atoms with E-state index in [1.807, 2.05) is 17.0 Å². The van der Waals surface area contributed by atoms with Crippen molar-refractivity contribution >= 4 is 33.5 Å². The van der Waals surface area contributed by atoms with Crippen molar-refractivity contribution in [3.63, 3.8) is 0 Å². The summed E-state index contributed by atoms with van der Waals surface area (Å²) in [7, 11) is 0. The fraction of sp³-hybridized carbons (Fsp3) is 0.444. The Hall–Kier alpha value is -2.22. The summed E-state index contributed by atoms with van der Waals surface area (Å²) < 4.78 is 0.815. The zero-order valence-electron chi connectivity index (χ0n) is 14.5. The lowest BCUT2D eigenvalue weighted by Crippen LogP contribution is -2.49. The van der Waals surface area contributed by atoms with Crippen LogP contribution >= 0.6 is 15.9 Å². The Morgan fingerprint density at radius 2 is 1.50 bits per heavy atom. The van der Waals surface area contributed by atoms with E-state index in [1.165, 1.54) is 12.8 Å². The minimum Gasteiger partial charge on any atom is -0.355 e. The SMILES string of the molecule is O=C(c1cncc(Br)c1)N1CCN(c2ccc(N3CCCC3)nn2)CC1. The zero-order chi connectivity index (χ0) is 17.9. The largest absolute Gasteiger partial charge is 0.355 e. The first-order valence-corrected chi connectivity index (χ1v) is 9.73. The number of anilines is 2. The predicted octanol–water partition coefficient (Wildman–Crippen LogP) is 2.20. The third-order valence-electron chi connectivity index (χ3n) is 4.91. The van der Waals surface area contributed by atoms with Crippen LogP contribution in [0.1, 0.15) is 23.2 Å². The van der Waals surface area contributed by atoms with Crippen molar-refractivity contribution in [3.05, 3.63) is 40.6 Å². The van der Waals surface area contributed by atoms with Crippen molar-refractivity contribution in [1.82, 2.24) is 20.1 Å². The molecular formula is C18H21BrN6O. The highest BCUT2D eigenvalue weighted by atomic mass is 79.9. The molecule has 2 aromatic heterocycles. The van der Waals surface area contributed by atoms with Gasteiger partial charge in [0.2, 0.25) is 0 Å². The quantitative estimate of drug-likeness (QED) is 0.763. The van der Waals surface area contributed by atoms with Gasteiger partial charge >= 0.3 is 0 Å². The molecule has 0 bridgehead atoms. The average Bonchev–Trinajstić information content (AvgIpc) is 3.23. The van der Waals surface area contributed by atoms with Crippen molar-refractivity contribution in [3.8, 4) is 0 Å². The van der Waals surface area contributed by atoms with Gasteiger partial charge in [0, 0.05) is 56.1 Å². The monoisotopic (exact) mass is 416 g/mol. The number of nitrogens with zero attached hydrogens (tertiary/aromatic N) is 6. The van der Waals surface area contributed by atoms with E-state index in [-0.39, 0.29) is 5.91 Å². The third-order valence-corrected chi connectivity index (χ3v) is 5.34. The lowest BCUT2D eigenvalue weighted by Gasteiger charge is -2.35. The number of rotatable bonds is 3. The van der Waals surface area contributed by atoms with Crippen LogP contribution in [-0.2, 0) is 0 Å². The van der Waals surface area contributed by atoms with Crippen molar-refractivity contribution in [2.75, 3.05) is 49.1 Å². The van der Waals surface area contributed by atoms with Gasteiger partial charge in [-0.05, 0) is 47.0 Å². The second-order valence-electron chi connectivity index (χ2n) is 6.61. The molecule has 2 saturated heterocycles. The Bertz CT molecular complexity index is 770. The van der Waals surface area contributed by atoms with E-state index in [0.29, 0.717) is 18.7 Å². The summed E-state index contributed by atoms with van der Waals surface area (Å²) in [6.45, 7) is 4.98. The van der Waals surface area contributed by atoms with Gasteiger partial charge in [-0.25, -0.2) is 0 Å². The highest BCUT2D eigenvalue weighted by Gasteiger charge is 2.23. The molecule has 26 heavy (non-hydrogen) atoms. The van der Waals surface area contributed by atoms with Crippen molar-refractivity contribution < 1.29 is 4.79 Å². The molecule has 136 valence electrons. The van der Waals surface area contributed by atoms with Gasteiger partial charge in [0.05, 0.1) is 5.56 Å². The zero-order valence-corrected chi connectivity index (χ0v) is 16.1. The lowest BCUT2D eigenvalue weighted by atomic mass is 10.2. The fourth-order valence-electron chi connectivity index (χ4n) is 3.45. The van der Waals surface area contributed by atoms with Crippen LogP contribution in [0.2, 0.25) is 0 Å². The van der Waals surface area contributed by atoms with Gasteiger partial charge in [-0.1, -0.05) is 0 Å². The molecular weight excluding hydrogens is 396 g/mol. The number of pyridine rings is 1. The summed E-state index contributed by atoms with van der Waals surface area (Å²) in [5, 5.41) is 8.79. The molecule has 2 fully saturated rings. The first-order valence-electron chi connectivity index (χ1n) is 8.94. The van der Waals surface area contributed by atoms with Crippen molar-refractivity contribution in [1.29, 1.82) is 0 Å². The van der Waals surface area contributed by atoms with Gasteiger partial charge in [-0.2, -0.15) is 0 Å². The summed E-state index contributed by atoms with van der Waals surface area (Å²) in [4.78, 5) is 23.0. The average molecular weight is 417 g/mol. The standard InChI is InChI=1S/C18H21BrN6O/c19-15-11-14(12-20-13-15)18(26)25-9-7-24(8-10-25)17-4-3-16(21-22-17)23-5-1-2-6-23/h3-4,11-13H,1-2,5-10H2. The summed E-state index contributed by atoms with van der Waals surface area (Å²) >= 11 is 3.36. The Morgan fingerprint density at radius 1 is 0.885 bits per heavy atom. The highest BCUT2D eigenvalue weighted by Crippen LogP contribution is 2.20. The fourth-order valence-corrected chi connectivity index (χ4v) is 3.82. The number of hydrogen-bond donors (Lipinski definition) is 0. The molecule has 4 rings (SSSR count). The molecule has 7 nitrogen and oxygen atoms in total. The maximum atomic E-state index is 12.6. The number of halogens is 1. The Balaban J connectivity index is 1.36. The van der Waals surface area contributed by atoms with Gasteiger partial charge in [0.15, 0.2) is 11.6 Å². The molecule has 8 heteroatoms. The number of piperazine rings is 1. The maximum Gasteiger partial charge on any atom is 0.255 e. The molecule has 2 aromatic rings. The van der Waals surface area contributed by atoms with E-state index in [0.717, 1.165) is 42.3 Å². The van der Waals surface area contributed by atoms with E-state index < -0.39 is 0 Å². The van der Waals surface area contributed by atoms with E-state index in [1.54, 1.807) is 12.4 Å². The van der Waals surface area contributed by atoms with Crippen LogP contribution in [0, 0.1) is 0 Å². The smallest absolute Gasteiger partial charge is 0.255 e. The third kappa shape index (κ3) is 3.65. The molecule has 0 saturated carbocycles. The summed E-state index contributed by atoms with van der Waals surface area (Å²) in [6.07, 6.45) is 5.75. The molecule has 0 aliphatic carbocycles. The minimum absolute atomic E-state index is 0.0221. The molecule has 0 radical (unpaired) electrons. The Labute approximate surface area is 161 Å². The van der Waals surface area contributed by atoms with Crippen LogP contribution in [0.5, 0.6) is 0 Å². The summed E-state index contributed by atoms with van der Waals surface area (Å²) in [5.74, 6) is 1.86. The summed E-state index contributed by atoms with van der Waals surface area (Å²) in [6, 6.07) is 5.90. The van der Waals surface area contributed by atoms with Gasteiger partial charge in [-0.3, -0.25) is 9.78 Å². The second-order valence-corrected chi connectivity index (χ2v) is 7.53. The van der Waals surface area contributed by atoms with Crippen molar-refractivity contribution in [2.45, 2.75) is 12.8 Å². The van der Waals surface area contributed by atoms with Crippen LogP contribution in [0.15, 0.2) is 35.1 Å². The molecule has 4 heterocycles. The van der Waals surface area contributed by atoms with Gasteiger partial charge in [0.25, 0.3) is 5.91 Å². The van der Waals surface area contributed by atoms with E-state index in [4.69, 9.17) is 0 Å². The number of aromatic nitrogens is 3. The van der Waals surface area contributed by atoms with Crippen molar-refractivity contribution in [2.24, 2.45) is 0 Å². The highest BCUT2D eigenvalue weighted by molar-refractivity contribution is 9.10. The van der Waals surface area contributed by atoms with Crippen LogP contribution in [0.3, 0.4) is 0 Å². The second kappa shape index (κ2) is 7.57. The van der Waals surface area contributed by atoms with Gasteiger partial charge in [0.1, 0.15) is 0 Å². The number of carbonyl (C=O) groups is 1. The first-order chi connectivity index (χ1) is 12.7. The number of carbonyl (C=O) groups excluding carboxylic acids is 1. The van der Waals surface area contributed by atoms with Crippen LogP contribution in [0.25, 0.3) is 0 Å². The van der Waals surface area contributed by atoms with Gasteiger partial charge < -0.3 is 14.7 Å². The molecule has 0 aromatic carbocycles. The molecule has 0 atom stereocenters. The van der Waals surface area contributed by atoms with Crippen LogP contribution in [0.4, 0.5) is 11.6 Å². The number of hydrogen-bond acceptors (Lipinski definition) is 6. The molecule has 2 aliphatic rings. The molecule has 0 N–H and O–H groups in total. The Kier molecular flexibility index (Phi) is 5.01. The normalized spacial score (nSPS) is 17.7. The van der Waals surface area contributed by atoms with E-state index in [9.17, 15) is 4.79 Å². The van der Waals surface area contributed by atoms with E-state index in [2.05, 4.69) is 47.0 Å². The first kappa shape index (κ1) is 17.2. The molecule has 0 unspecified atom stereocenters. The molecule has 1 amide bonds. The van der Waals surface area contributed by atoms with Crippen LogP contribution in [-0.4, -0.2) is 65.3 Å². The van der Waals surface area contributed by atoms with E-state index >= 15 is 0 Å². The van der Waals surface area contributed by atoms with Gasteiger partial charge in [-0.15, -0.1) is 10.2 Å². The topological polar surface area (TPSA) is 65.5 Å².